The van der Waals surface area contributed by atoms with E-state index in [0.717, 1.165) is 6.42 Å². The van der Waals surface area contributed by atoms with E-state index >= 15 is 0 Å². The summed E-state index contributed by atoms with van der Waals surface area (Å²) in [5.74, 6) is -2.12. The summed E-state index contributed by atoms with van der Waals surface area (Å²) in [7, 11) is 0. The largest absolute Gasteiger partial charge is 0.465 e. The van der Waals surface area contributed by atoms with Crippen molar-refractivity contribution in [3.05, 3.63) is 0 Å². The van der Waals surface area contributed by atoms with Crippen molar-refractivity contribution >= 4 is 17.5 Å². The van der Waals surface area contributed by atoms with Crippen molar-refractivity contribution in [2.45, 2.75) is 33.1 Å². The molecule has 0 spiro atoms. The molecule has 0 radical (unpaired) electrons. The minimum Gasteiger partial charge on any atom is -0.465 e. The summed E-state index contributed by atoms with van der Waals surface area (Å²) in [4.78, 5) is 34.3. The molecule has 0 bridgehead atoms. The van der Waals surface area contributed by atoms with Crippen LogP contribution in [0.4, 0.5) is 0 Å². The fourth-order valence-electron chi connectivity index (χ4n) is 2.04. The SMILES string of the molecule is CCOC(=O)[C@@H](C(C)=O)[C@@H]1CCCC1=O. The Morgan fingerprint density at radius 1 is 1.53 bits per heavy atom. The van der Waals surface area contributed by atoms with E-state index in [1.807, 2.05) is 0 Å². The zero-order chi connectivity index (χ0) is 11.4. The number of ether oxygens (including phenoxy) is 1. The molecule has 0 aliphatic heterocycles. The summed E-state index contributed by atoms with van der Waals surface area (Å²) in [6.07, 6.45) is 1.88. The molecule has 1 fully saturated rings. The maximum atomic E-state index is 11.5. The highest BCUT2D eigenvalue weighted by molar-refractivity contribution is 6.03. The van der Waals surface area contributed by atoms with Crippen molar-refractivity contribution in [2.24, 2.45) is 11.8 Å². The Morgan fingerprint density at radius 2 is 2.20 bits per heavy atom. The van der Waals surface area contributed by atoms with Crippen molar-refractivity contribution in [3.63, 3.8) is 0 Å². The molecular formula is C11H16O4. The Hall–Kier alpha value is -1.19. The van der Waals surface area contributed by atoms with Crippen LogP contribution in [0.3, 0.4) is 0 Å². The topological polar surface area (TPSA) is 60.4 Å². The number of hydrogen-bond acceptors (Lipinski definition) is 4. The van der Waals surface area contributed by atoms with Crippen LogP contribution in [0.2, 0.25) is 0 Å². The standard InChI is InChI=1S/C11H16O4/c1-3-15-11(14)10(7(2)12)8-5-4-6-9(8)13/h8,10H,3-6H2,1-2H3/t8-,10+/m1/s1. The first kappa shape index (κ1) is 11.9. The molecule has 1 aliphatic rings. The predicted octanol–water partition coefficient (Wildman–Crippen LogP) is 1.12. The molecule has 1 rings (SSSR count). The Morgan fingerprint density at radius 3 is 2.60 bits per heavy atom. The quantitative estimate of drug-likeness (QED) is 0.517. The summed E-state index contributed by atoms with van der Waals surface area (Å²) in [5.41, 5.74) is 0. The van der Waals surface area contributed by atoms with Gasteiger partial charge in [-0.15, -0.1) is 0 Å². The molecule has 0 amide bonds. The summed E-state index contributed by atoms with van der Waals surface area (Å²) < 4.78 is 4.81. The monoisotopic (exact) mass is 212 g/mol. The lowest BCUT2D eigenvalue weighted by molar-refractivity contribution is -0.155. The fourth-order valence-corrected chi connectivity index (χ4v) is 2.04. The molecule has 0 heterocycles. The molecule has 4 heteroatoms. The van der Waals surface area contributed by atoms with E-state index in [1.54, 1.807) is 6.92 Å². The minimum absolute atomic E-state index is 0.0169. The van der Waals surface area contributed by atoms with E-state index in [-0.39, 0.29) is 18.2 Å². The Labute approximate surface area is 89.0 Å². The van der Waals surface area contributed by atoms with Gasteiger partial charge in [0.05, 0.1) is 6.61 Å². The minimum atomic E-state index is -0.875. The van der Waals surface area contributed by atoms with Gasteiger partial charge in [0.15, 0.2) is 0 Å². The van der Waals surface area contributed by atoms with Gasteiger partial charge in [-0.3, -0.25) is 14.4 Å². The molecule has 1 aliphatic carbocycles. The van der Waals surface area contributed by atoms with Crippen molar-refractivity contribution in [1.29, 1.82) is 0 Å². The third-order valence-electron chi connectivity index (χ3n) is 2.73. The average molecular weight is 212 g/mol. The lowest BCUT2D eigenvalue weighted by atomic mass is 9.87. The van der Waals surface area contributed by atoms with Gasteiger partial charge in [0, 0.05) is 12.3 Å². The first-order chi connectivity index (χ1) is 7.07. The fraction of sp³-hybridized carbons (Fsp3) is 0.727. The summed E-state index contributed by atoms with van der Waals surface area (Å²) in [5, 5.41) is 0. The average Bonchev–Trinajstić information content (AvgIpc) is 2.52. The normalized spacial score (nSPS) is 22.5. The van der Waals surface area contributed by atoms with Crippen molar-refractivity contribution in [1.82, 2.24) is 0 Å². The molecule has 0 aromatic rings. The van der Waals surface area contributed by atoms with Gasteiger partial charge in [0.25, 0.3) is 0 Å². The lowest BCUT2D eigenvalue weighted by Crippen LogP contribution is -2.33. The molecule has 0 N–H and O–H groups in total. The maximum absolute atomic E-state index is 11.5. The Bertz CT molecular complexity index is 282. The molecule has 0 saturated heterocycles. The number of esters is 1. The van der Waals surface area contributed by atoms with E-state index in [2.05, 4.69) is 0 Å². The van der Waals surface area contributed by atoms with Gasteiger partial charge in [-0.25, -0.2) is 0 Å². The smallest absolute Gasteiger partial charge is 0.317 e. The molecule has 84 valence electrons. The second-order valence-electron chi connectivity index (χ2n) is 3.81. The molecule has 15 heavy (non-hydrogen) atoms. The van der Waals surface area contributed by atoms with E-state index in [1.165, 1.54) is 6.92 Å². The van der Waals surface area contributed by atoms with Crippen molar-refractivity contribution < 1.29 is 19.1 Å². The first-order valence-electron chi connectivity index (χ1n) is 5.27. The van der Waals surface area contributed by atoms with Gasteiger partial charge >= 0.3 is 5.97 Å². The third kappa shape index (κ3) is 2.64. The Balaban J connectivity index is 2.77. The zero-order valence-electron chi connectivity index (χ0n) is 9.12. The maximum Gasteiger partial charge on any atom is 0.317 e. The third-order valence-corrected chi connectivity index (χ3v) is 2.73. The number of Topliss-reactive ketones (excluding diaryl/α,β-unsaturated/α-hetero) is 2. The summed E-state index contributed by atoms with van der Waals surface area (Å²) >= 11 is 0. The lowest BCUT2D eigenvalue weighted by Gasteiger charge is -2.17. The number of rotatable bonds is 4. The van der Waals surface area contributed by atoms with Crippen LogP contribution in [0.1, 0.15) is 33.1 Å². The van der Waals surface area contributed by atoms with Crippen molar-refractivity contribution in [3.8, 4) is 0 Å². The van der Waals surface area contributed by atoms with Crippen LogP contribution in [0, 0.1) is 11.8 Å². The highest BCUT2D eigenvalue weighted by Crippen LogP contribution is 2.29. The number of carbonyl (C=O) groups excluding carboxylic acids is 3. The molecule has 0 unspecified atom stereocenters. The number of carbonyl (C=O) groups is 3. The van der Waals surface area contributed by atoms with Crippen LogP contribution in [-0.4, -0.2) is 24.1 Å². The molecule has 4 nitrogen and oxygen atoms in total. The number of ketones is 2. The van der Waals surface area contributed by atoms with Gasteiger partial charge in [0.2, 0.25) is 0 Å². The molecule has 0 aromatic heterocycles. The predicted molar refractivity (Wildman–Crippen MR) is 53.2 cm³/mol. The van der Waals surface area contributed by atoms with Crippen LogP contribution in [0.15, 0.2) is 0 Å². The summed E-state index contributed by atoms with van der Waals surface area (Å²) in [6.45, 7) is 3.27. The van der Waals surface area contributed by atoms with Crippen LogP contribution in [-0.2, 0) is 19.1 Å². The summed E-state index contributed by atoms with van der Waals surface area (Å²) in [6, 6.07) is 0. The second-order valence-corrected chi connectivity index (χ2v) is 3.81. The van der Waals surface area contributed by atoms with Gasteiger partial charge in [0.1, 0.15) is 17.5 Å². The second kappa shape index (κ2) is 5.05. The highest BCUT2D eigenvalue weighted by Gasteiger charge is 2.40. The van der Waals surface area contributed by atoms with E-state index in [4.69, 9.17) is 4.74 Å². The number of hydrogen-bond donors (Lipinski definition) is 0. The first-order valence-corrected chi connectivity index (χ1v) is 5.27. The van der Waals surface area contributed by atoms with Crippen LogP contribution in [0.25, 0.3) is 0 Å². The highest BCUT2D eigenvalue weighted by atomic mass is 16.5. The van der Waals surface area contributed by atoms with Crippen molar-refractivity contribution in [2.75, 3.05) is 6.61 Å². The molecular weight excluding hydrogens is 196 g/mol. The van der Waals surface area contributed by atoms with Gasteiger partial charge in [-0.05, 0) is 26.7 Å². The zero-order valence-corrected chi connectivity index (χ0v) is 9.12. The molecule has 0 aromatic carbocycles. The van der Waals surface area contributed by atoms with Crippen LogP contribution >= 0.6 is 0 Å². The van der Waals surface area contributed by atoms with Gasteiger partial charge in [-0.2, -0.15) is 0 Å². The molecule has 1 saturated carbocycles. The van der Waals surface area contributed by atoms with Crippen LogP contribution in [0.5, 0.6) is 0 Å². The van der Waals surface area contributed by atoms with Gasteiger partial charge < -0.3 is 4.74 Å². The van der Waals surface area contributed by atoms with E-state index in [0.29, 0.717) is 12.8 Å². The van der Waals surface area contributed by atoms with Crippen LogP contribution < -0.4 is 0 Å². The Kier molecular flexibility index (Phi) is 4.00. The van der Waals surface area contributed by atoms with E-state index in [9.17, 15) is 14.4 Å². The van der Waals surface area contributed by atoms with E-state index < -0.39 is 17.8 Å². The van der Waals surface area contributed by atoms with Gasteiger partial charge in [-0.1, -0.05) is 0 Å². The molecule has 2 atom stereocenters.